The predicted octanol–water partition coefficient (Wildman–Crippen LogP) is 15.0. The molecule has 0 aliphatic heterocycles. The molecule has 12 heteroatoms. The van der Waals surface area contributed by atoms with Crippen molar-refractivity contribution >= 4 is 25.7 Å². The van der Waals surface area contributed by atoms with E-state index in [-0.39, 0.29) is 25.9 Å². The van der Waals surface area contributed by atoms with E-state index in [2.05, 4.69) is 69.4 Å². The molecule has 3 unspecified atom stereocenters. The third-order valence-electron chi connectivity index (χ3n) is 11.2. The molecule has 0 spiro atoms. The smallest absolute Gasteiger partial charge is 0.462 e. The summed E-state index contributed by atoms with van der Waals surface area (Å²) in [5.41, 5.74) is 0. The number of phosphoric acid groups is 1. The molecule has 0 aromatic heterocycles. The SMILES string of the molecule is CCCC/C=C\CCCCCCCC(=O)OCC(COP(=O)(O)OCC(CO)OC(=O)CCCCCCCCCCC)OC(=O)CCCCCCCC/C=C\C/C=C\C/C=C\CCCCC. The van der Waals surface area contributed by atoms with Gasteiger partial charge in [-0.25, -0.2) is 4.57 Å². The average Bonchev–Trinajstić information content (AvgIpc) is 3.30. The van der Waals surface area contributed by atoms with E-state index in [9.17, 15) is 28.9 Å². The van der Waals surface area contributed by atoms with E-state index in [0.717, 1.165) is 109 Å². The number of phosphoric ester groups is 1. The minimum absolute atomic E-state index is 0.153. The molecule has 0 heterocycles. The van der Waals surface area contributed by atoms with Crippen molar-refractivity contribution in [3.05, 3.63) is 48.6 Å². The summed E-state index contributed by atoms with van der Waals surface area (Å²) in [6, 6.07) is 0. The van der Waals surface area contributed by atoms with Crippen LogP contribution in [0.4, 0.5) is 0 Å². The van der Waals surface area contributed by atoms with Gasteiger partial charge in [-0.05, 0) is 77.0 Å². The molecule has 0 rings (SSSR count). The first kappa shape index (κ1) is 63.4. The lowest BCUT2D eigenvalue weighted by atomic mass is 10.1. The predicted molar refractivity (Wildman–Crippen MR) is 270 cm³/mol. The Morgan fingerprint density at radius 1 is 0.424 bits per heavy atom. The number of carbonyl (C=O) groups excluding carboxylic acids is 3. The van der Waals surface area contributed by atoms with E-state index in [0.29, 0.717) is 19.3 Å². The summed E-state index contributed by atoms with van der Waals surface area (Å²) in [5.74, 6) is -1.49. The highest BCUT2D eigenvalue weighted by Gasteiger charge is 2.28. The van der Waals surface area contributed by atoms with Gasteiger partial charge in [-0.3, -0.25) is 23.4 Å². The normalized spacial score (nSPS) is 13.8. The van der Waals surface area contributed by atoms with Crippen molar-refractivity contribution in [2.45, 2.75) is 251 Å². The quantitative estimate of drug-likeness (QED) is 0.0197. The number of allylic oxidation sites excluding steroid dienone is 8. The summed E-state index contributed by atoms with van der Waals surface area (Å²) in [5, 5.41) is 9.74. The molecule has 0 aliphatic carbocycles. The Morgan fingerprint density at radius 3 is 1.23 bits per heavy atom. The molecule has 0 fully saturated rings. The largest absolute Gasteiger partial charge is 0.472 e. The number of hydrogen-bond donors (Lipinski definition) is 2. The maximum atomic E-state index is 12.8. The fourth-order valence-electron chi connectivity index (χ4n) is 7.11. The highest BCUT2D eigenvalue weighted by Crippen LogP contribution is 2.43. The molecule has 0 radical (unpaired) electrons. The van der Waals surface area contributed by atoms with Gasteiger partial charge in [-0.15, -0.1) is 0 Å². The van der Waals surface area contributed by atoms with Crippen LogP contribution in [0.25, 0.3) is 0 Å². The summed E-state index contributed by atoms with van der Waals surface area (Å²) in [6.45, 7) is 4.52. The molecule has 0 saturated carbocycles. The molecule has 2 N–H and O–H groups in total. The van der Waals surface area contributed by atoms with Crippen molar-refractivity contribution in [1.82, 2.24) is 0 Å². The van der Waals surface area contributed by atoms with Crippen molar-refractivity contribution in [1.29, 1.82) is 0 Å². The zero-order valence-electron chi connectivity index (χ0n) is 42.2. The van der Waals surface area contributed by atoms with E-state index in [1.165, 1.54) is 70.6 Å². The number of aliphatic hydroxyl groups excluding tert-OH is 1. The highest BCUT2D eigenvalue weighted by atomic mass is 31.2. The summed E-state index contributed by atoms with van der Waals surface area (Å²) < 4.78 is 39.3. The second-order valence-corrected chi connectivity index (χ2v) is 19.1. The summed E-state index contributed by atoms with van der Waals surface area (Å²) >= 11 is 0. The number of unbranched alkanes of at least 4 members (excludes halogenated alkanes) is 24. The Hall–Kier alpha value is -2.56. The molecule has 0 aliphatic rings. The molecule has 384 valence electrons. The van der Waals surface area contributed by atoms with Crippen LogP contribution in [0, 0.1) is 0 Å². The third-order valence-corrected chi connectivity index (χ3v) is 12.2. The number of ether oxygens (including phenoxy) is 3. The van der Waals surface area contributed by atoms with Crippen LogP contribution in [0.15, 0.2) is 48.6 Å². The van der Waals surface area contributed by atoms with Gasteiger partial charge in [0.1, 0.15) is 12.7 Å². The van der Waals surface area contributed by atoms with Gasteiger partial charge in [-0.1, -0.05) is 191 Å². The minimum atomic E-state index is -4.74. The summed E-state index contributed by atoms with van der Waals surface area (Å²) in [7, 11) is -4.74. The lowest BCUT2D eigenvalue weighted by Gasteiger charge is -2.21. The molecule has 0 saturated heterocycles. The van der Waals surface area contributed by atoms with E-state index < -0.39 is 57.8 Å². The van der Waals surface area contributed by atoms with Crippen LogP contribution < -0.4 is 0 Å². The van der Waals surface area contributed by atoms with Crippen molar-refractivity contribution in [2.24, 2.45) is 0 Å². The van der Waals surface area contributed by atoms with Gasteiger partial charge in [0.05, 0.1) is 19.8 Å². The second-order valence-electron chi connectivity index (χ2n) is 17.7. The fraction of sp³-hybridized carbons (Fsp3) is 0.796. The van der Waals surface area contributed by atoms with E-state index in [4.69, 9.17) is 23.3 Å². The number of hydrogen-bond acceptors (Lipinski definition) is 10. The molecular weight excluding hydrogens is 856 g/mol. The van der Waals surface area contributed by atoms with Crippen LogP contribution in [0.3, 0.4) is 0 Å². The van der Waals surface area contributed by atoms with Crippen molar-refractivity contribution in [3.8, 4) is 0 Å². The molecule has 11 nitrogen and oxygen atoms in total. The first-order chi connectivity index (χ1) is 32.2. The lowest BCUT2D eigenvalue weighted by molar-refractivity contribution is -0.161. The van der Waals surface area contributed by atoms with E-state index >= 15 is 0 Å². The molecule has 66 heavy (non-hydrogen) atoms. The van der Waals surface area contributed by atoms with Crippen LogP contribution in [-0.4, -0.2) is 66.5 Å². The molecular formula is C54H97O11P. The Balaban J connectivity index is 4.73. The first-order valence-corrected chi connectivity index (χ1v) is 28.0. The summed E-state index contributed by atoms with van der Waals surface area (Å²) in [4.78, 5) is 48.2. The zero-order chi connectivity index (χ0) is 48.4. The van der Waals surface area contributed by atoms with E-state index in [1.54, 1.807) is 0 Å². The van der Waals surface area contributed by atoms with Crippen LogP contribution in [0.5, 0.6) is 0 Å². The van der Waals surface area contributed by atoms with Gasteiger partial charge in [0.2, 0.25) is 0 Å². The zero-order valence-corrected chi connectivity index (χ0v) is 43.1. The van der Waals surface area contributed by atoms with Gasteiger partial charge < -0.3 is 24.2 Å². The van der Waals surface area contributed by atoms with Crippen molar-refractivity contribution < 1.29 is 52.2 Å². The second kappa shape index (κ2) is 48.9. The Labute approximate surface area is 403 Å². The third kappa shape index (κ3) is 46.5. The van der Waals surface area contributed by atoms with Gasteiger partial charge >= 0.3 is 25.7 Å². The average molecular weight is 953 g/mol. The monoisotopic (exact) mass is 953 g/mol. The summed E-state index contributed by atoms with van der Waals surface area (Å²) in [6.07, 6.45) is 49.4. The van der Waals surface area contributed by atoms with Crippen LogP contribution >= 0.6 is 7.82 Å². The molecule has 0 aromatic rings. The Bertz CT molecular complexity index is 1300. The van der Waals surface area contributed by atoms with E-state index in [1.807, 2.05) is 0 Å². The van der Waals surface area contributed by atoms with Gasteiger partial charge in [0.15, 0.2) is 6.10 Å². The maximum absolute atomic E-state index is 12.8. The standard InChI is InChI=1S/C54H97O11P/c1-4-7-10-13-16-19-21-22-23-24-25-26-27-28-30-33-36-39-42-45-54(58)65-51(47-61-52(56)43-40-37-34-32-29-20-17-14-11-8-5-2)49-63-66(59,60)62-48-50(46-55)64-53(57)44-41-38-35-31-18-15-12-9-6-3/h14,16-17,19,22-23,25-26,50-51,55H,4-13,15,18,20-21,24,27-49H2,1-3H3,(H,59,60)/b17-14-,19-16-,23-22-,26-25-. The number of carbonyl (C=O) groups is 3. The molecule has 0 aromatic carbocycles. The Morgan fingerprint density at radius 2 is 0.758 bits per heavy atom. The molecule has 3 atom stereocenters. The van der Waals surface area contributed by atoms with Gasteiger partial charge in [0, 0.05) is 19.3 Å². The topological polar surface area (TPSA) is 155 Å². The first-order valence-electron chi connectivity index (χ1n) is 26.5. The van der Waals surface area contributed by atoms with Crippen LogP contribution in [0.2, 0.25) is 0 Å². The fourth-order valence-corrected chi connectivity index (χ4v) is 7.89. The van der Waals surface area contributed by atoms with Crippen LogP contribution in [-0.2, 0) is 42.2 Å². The molecule has 0 bridgehead atoms. The minimum Gasteiger partial charge on any atom is -0.462 e. The number of esters is 3. The van der Waals surface area contributed by atoms with Gasteiger partial charge in [-0.2, -0.15) is 0 Å². The van der Waals surface area contributed by atoms with Gasteiger partial charge in [0.25, 0.3) is 0 Å². The number of aliphatic hydroxyl groups is 1. The number of rotatable bonds is 49. The lowest BCUT2D eigenvalue weighted by Crippen LogP contribution is -2.30. The van der Waals surface area contributed by atoms with Crippen LogP contribution in [0.1, 0.15) is 239 Å². The van der Waals surface area contributed by atoms with Crippen molar-refractivity contribution in [3.63, 3.8) is 0 Å². The molecule has 0 amide bonds. The highest BCUT2D eigenvalue weighted by molar-refractivity contribution is 7.47. The maximum Gasteiger partial charge on any atom is 0.472 e. The van der Waals surface area contributed by atoms with Crippen molar-refractivity contribution in [2.75, 3.05) is 26.4 Å². The Kier molecular flexibility index (Phi) is 47.0.